The molecule has 4 aromatic rings. The maximum atomic E-state index is 13.5. The summed E-state index contributed by atoms with van der Waals surface area (Å²) < 4.78 is 0. The average molecular weight is 572 g/mol. The van der Waals surface area contributed by atoms with Gasteiger partial charge in [0.05, 0.1) is 16.9 Å². The van der Waals surface area contributed by atoms with Gasteiger partial charge in [0.25, 0.3) is 5.91 Å². The van der Waals surface area contributed by atoms with E-state index in [1.165, 1.54) is 6.08 Å². The lowest BCUT2D eigenvalue weighted by Gasteiger charge is -2.33. The molecule has 1 fully saturated rings. The molecular formula is C31H34ClN7O2. The molecule has 0 radical (unpaired) electrons. The van der Waals surface area contributed by atoms with Gasteiger partial charge in [0.2, 0.25) is 11.9 Å². The third-order valence-corrected chi connectivity index (χ3v) is 7.37. The molecule has 2 aromatic carbocycles. The zero-order valence-electron chi connectivity index (χ0n) is 23.4. The number of aromatic nitrogens is 3. The number of aromatic amines is 1. The molecule has 3 heterocycles. The number of benzene rings is 2. The zero-order valence-corrected chi connectivity index (χ0v) is 24.2. The van der Waals surface area contributed by atoms with Crippen LogP contribution >= 0.6 is 11.6 Å². The first-order valence-corrected chi connectivity index (χ1v) is 14.0. The molecule has 1 aliphatic rings. The molecule has 2 aromatic heterocycles. The van der Waals surface area contributed by atoms with Gasteiger partial charge in [0.15, 0.2) is 0 Å². The summed E-state index contributed by atoms with van der Waals surface area (Å²) in [6.07, 6.45) is 8.59. The molecule has 5 rings (SSSR count). The van der Waals surface area contributed by atoms with Crippen molar-refractivity contribution in [1.82, 2.24) is 24.8 Å². The highest BCUT2D eigenvalue weighted by Gasteiger charge is 2.26. The predicted molar refractivity (Wildman–Crippen MR) is 164 cm³/mol. The number of nitrogens with zero attached hydrogens (tertiary/aromatic N) is 4. The van der Waals surface area contributed by atoms with Gasteiger partial charge in [0, 0.05) is 65.7 Å². The van der Waals surface area contributed by atoms with Crippen molar-refractivity contribution >= 4 is 46.0 Å². The van der Waals surface area contributed by atoms with Crippen LogP contribution in [0.1, 0.15) is 28.8 Å². The number of carbonyl (C=O) groups is 2. The van der Waals surface area contributed by atoms with Crippen LogP contribution in [0.25, 0.3) is 22.2 Å². The highest BCUT2D eigenvalue weighted by atomic mass is 35.5. The smallest absolute Gasteiger partial charge is 0.254 e. The summed E-state index contributed by atoms with van der Waals surface area (Å²) in [5, 5.41) is 7.79. The zero-order chi connectivity index (χ0) is 28.9. The topological polar surface area (TPSA) is 106 Å². The third kappa shape index (κ3) is 6.75. The maximum absolute atomic E-state index is 13.5. The normalized spacial score (nSPS) is 15.5. The first-order chi connectivity index (χ1) is 19.8. The summed E-state index contributed by atoms with van der Waals surface area (Å²) in [4.78, 5) is 41.9. The second-order valence-corrected chi connectivity index (χ2v) is 11.0. The predicted octanol–water partition coefficient (Wildman–Crippen LogP) is 5.36. The summed E-state index contributed by atoms with van der Waals surface area (Å²) in [7, 11) is 3.88. The monoisotopic (exact) mass is 571 g/mol. The van der Waals surface area contributed by atoms with Crippen LogP contribution in [0.4, 0.5) is 11.6 Å². The van der Waals surface area contributed by atoms with Crippen LogP contribution in [0.15, 0.2) is 67.0 Å². The van der Waals surface area contributed by atoms with Crippen molar-refractivity contribution < 1.29 is 9.59 Å². The molecule has 0 spiro atoms. The Morgan fingerprint density at radius 3 is 2.85 bits per heavy atom. The molecule has 0 aliphatic carbocycles. The van der Waals surface area contributed by atoms with Gasteiger partial charge in [-0.15, -0.1) is 0 Å². The number of nitrogens with one attached hydrogen (secondary N) is 3. The maximum Gasteiger partial charge on any atom is 0.254 e. The largest absolute Gasteiger partial charge is 0.360 e. The van der Waals surface area contributed by atoms with E-state index in [-0.39, 0.29) is 17.9 Å². The lowest BCUT2D eigenvalue weighted by molar-refractivity contribution is -0.111. The number of amides is 2. The van der Waals surface area contributed by atoms with Gasteiger partial charge in [-0.3, -0.25) is 9.59 Å². The van der Waals surface area contributed by atoms with E-state index in [0.717, 1.165) is 34.9 Å². The fourth-order valence-electron chi connectivity index (χ4n) is 5.06. The molecule has 3 N–H and O–H groups in total. The van der Waals surface area contributed by atoms with Crippen molar-refractivity contribution in [1.29, 1.82) is 0 Å². The van der Waals surface area contributed by atoms with Crippen LogP contribution in [0.5, 0.6) is 0 Å². The standard InChI is InChI=1S/C31H34ClN7O2/c1-20-16-21(35-28(40)11-7-14-38(2)3)12-13-23(20)30(41)39-15-6-8-22(19-39)36-31-34-18-26(32)29(37-31)25-17-33-27-10-5-4-9-24(25)27/h4-5,7,9-13,16-18,22,33H,6,8,14-15,19H2,1-3H3,(H,35,40)(H,34,36,37)/b11-7+. The molecule has 0 bridgehead atoms. The molecular weight excluding hydrogens is 538 g/mol. The molecule has 9 nitrogen and oxygen atoms in total. The summed E-state index contributed by atoms with van der Waals surface area (Å²) in [6, 6.07) is 13.4. The van der Waals surface area contributed by atoms with Gasteiger partial charge in [-0.25, -0.2) is 9.97 Å². The summed E-state index contributed by atoms with van der Waals surface area (Å²) in [5.74, 6) is 0.242. The minimum Gasteiger partial charge on any atom is -0.360 e. The Kier molecular flexibility index (Phi) is 8.66. The Bertz CT molecular complexity index is 1600. The molecule has 1 unspecified atom stereocenters. The fourth-order valence-corrected chi connectivity index (χ4v) is 5.25. The molecule has 0 saturated carbocycles. The lowest BCUT2D eigenvalue weighted by Crippen LogP contribution is -2.45. The molecule has 10 heteroatoms. The van der Waals surface area contributed by atoms with Gasteiger partial charge in [-0.2, -0.15) is 0 Å². The van der Waals surface area contributed by atoms with Crippen molar-refractivity contribution in [2.24, 2.45) is 0 Å². The van der Waals surface area contributed by atoms with Gasteiger partial charge in [-0.1, -0.05) is 35.9 Å². The van der Waals surface area contributed by atoms with Crippen molar-refractivity contribution in [3.63, 3.8) is 0 Å². The quantitative estimate of drug-likeness (QED) is 0.246. The number of H-pyrrole nitrogens is 1. The first-order valence-electron chi connectivity index (χ1n) is 13.7. The molecule has 2 amide bonds. The minimum atomic E-state index is -0.201. The van der Waals surface area contributed by atoms with Crippen LogP contribution in [0.2, 0.25) is 5.02 Å². The number of halogens is 1. The van der Waals surface area contributed by atoms with E-state index in [4.69, 9.17) is 16.6 Å². The molecule has 212 valence electrons. The van der Waals surface area contributed by atoms with Gasteiger partial charge < -0.3 is 25.4 Å². The number of likely N-dealkylation sites (N-methyl/N-ethyl adjacent to an activating group) is 1. The Labute approximate surface area is 244 Å². The van der Waals surface area contributed by atoms with E-state index in [1.807, 2.05) is 67.3 Å². The Morgan fingerprint density at radius 1 is 1.22 bits per heavy atom. The van der Waals surface area contributed by atoms with Crippen LogP contribution < -0.4 is 10.6 Å². The number of fused-ring (bicyclic) bond motifs is 1. The summed E-state index contributed by atoms with van der Waals surface area (Å²) in [6.45, 7) is 3.77. The van der Waals surface area contributed by atoms with E-state index in [1.54, 1.807) is 24.4 Å². The van der Waals surface area contributed by atoms with Crippen LogP contribution in [-0.4, -0.2) is 76.3 Å². The van der Waals surface area contributed by atoms with E-state index >= 15 is 0 Å². The molecule has 1 aliphatic heterocycles. The summed E-state index contributed by atoms with van der Waals surface area (Å²) >= 11 is 6.50. The SMILES string of the molecule is Cc1cc(NC(=O)/C=C/CN(C)C)ccc1C(=O)N1CCCC(Nc2ncc(Cl)c(-c3c[nH]c4ccccc34)n2)C1. The Hall–Kier alpha value is -4.21. The molecule has 41 heavy (non-hydrogen) atoms. The fraction of sp³-hybridized carbons (Fsp3) is 0.290. The number of para-hydroxylation sites is 1. The van der Waals surface area contributed by atoms with Gasteiger partial charge in [-0.05, 0) is 63.7 Å². The number of aryl methyl sites for hydroxylation is 1. The lowest BCUT2D eigenvalue weighted by atomic mass is 10.0. The number of hydrogen-bond donors (Lipinski definition) is 3. The second-order valence-electron chi connectivity index (χ2n) is 10.6. The van der Waals surface area contributed by atoms with Gasteiger partial charge >= 0.3 is 0 Å². The van der Waals surface area contributed by atoms with Crippen LogP contribution in [0.3, 0.4) is 0 Å². The highest BCUT2D eigenvalue weighted by molar-refractivity contribution is 6.33. The van der Waals surface area contributed by atoms with Gasteiger partial charge in [0.1, 0.15) is 0 Å². The number of hydrogen-bond acceptors (Lipinski definition) is 6. The van der Waals surface area contributed by atoms with E-state index < -0.39 is 0 Å². The van der Waals surface area contributed by atoms with Crippen molar-refractivity contribution in [2.45, 2.75) is 25.8 Å². The Morgan fingerprint density at radius 2 is 2.05 bits per heavy atom. The second kappa shape index (κ2) is 12.5. The van der Waals surface area contributed by atoms with Crippen molar-refractivity contribution in [3.8, 4) is 11.3 Å². The minimum absolute atomic E-state index is 0.00230. The molecule has 1 saturated heterocycles. The van der Waals surface area contributed by atoms with E-state index in [0.29, 0.717) is 47.6 Å². The summed E-state index contributed by atoms with van der Waals surface area (Å²) in [5.41, 5.74) is 4.66. The number of carbonyl (C=O) groups excluding carboxylic acids is 2. The average Bonchev–Trinajstić information content (AvgIpc) is 3.38. The van der Waals surface area contributed by atoms with E-state index in [9.17, 15) is 9.59 Å². The van der Waals surface area contributed by atoms with Crippen molar-refractivity contribution in [2.75, 3.05) is 44.4 Å². The van der Waals surface area contributed by atoms with Crippen LogP contribution in [-0.2, 0) is 4.79 Å². The van der Waals surface area contributed by atoms with E-state index in [2.05, 4.69) is 20.6 Å². The number of piperidine rings is 1. The number of anilines is 2. The van der Waals surface area contributed by atoms with Crippen molar-refractivity contribution in [3.05, 3.63) is 83.2 Å². The molecule has 1 atom stereocenters. The highest BCUT2D eigenvalue weighted by Crippen LogP contribution is 2.32. The third-order valence-electron chi connectivity index (χ3n) is 7.09. The first kappa shape index (κ1) is 28.3. The Balaban J connectivity index is 1.25. The number of rotatable bonds is 8. The van der Waals surface area contributed by atoms with Crippen LogP contribution in [0, 0.1) is 6.92 Å². The number of likely N-dealkylation sites (tertiary alicyclic amines) is 1.